The van der Waals surface area contributed by atoms with Crippen molar-refractivity contribution in [3.63, 3.8) is 0 Å². The van der Waals surface area contributed by atoms with Crippen molar-refractivity contribution >= 4 is 23.6 Å². The summed E-state index contributed by atoms with van der Waals surface area (Å²) in [6, 6.07) is 0. The number of aliphatic imine (C=N–C) groups is 2. The highest BCUT2D eigenvalue weighted by molar-refractivity contribution is 6.18. The van der Waals surface area contributed by atoms with Crippen LogP contribution in [0.15, 0.2) is 44.8 Å². The van der Waals surface area contributed by atoms with Gasteiger partial charge in [0.1, 0.15) is 0 Å². The Balaban J connectivity index is 2.62. The highest BCUT2D eigenvalue weighted by atomic mass is 16.3. The summed E-state index contributed by atoms with van der Waals surface area (Å²) in [5, 5.41) is 37.2. The van der Waals surface area contributed by atoms with E-state index in [0.717, 1.165) is 12.2 Å². The molecule has 18 heavy (non-hydrogen) atoms. The molecule has 2 rings (SSSR count). The minimum absolute atomic E-state index is 0.243. The van der Waals surface area contributed by atoms with Gasteiger partial charge in [0.2, 0.25) is 11.8 Å². The molecular weight excluding hydrogens is 244 g/mol. The maximum absolute atomic E-state index is 10.9. The summed E-state index contributed by atoms with van der Waals surface area (Å²) in [6.07, 6.45) is 1.68. The number of hydrogen-bond donors (Lipinski definition) is 4. The van der Waals surface area contributed by atoms with Gasteiger partial charge in [0, 0.05) is 0 Å². The molecule has 0 radical (unpaired) electrons. The molecule has 4 N–H and O–H groups in total. The fourth-order valence-corrected chi connectivity index (χ4v) is 1.35. The zero-order chi connectivity index (χ0) is 13.4. The standard InChI is InChI=1S/C10H6N2O6/c13-5-1-3(7(15)11-9(5)17)4-2-6(14)10(18)12-8(4)16/h1-2,13-14H,(H,11,15,17)(H,12,16,18)/b4-3+. The van der Waals surface area contributed by atoms with E-state index in [9.17, 15) is 30.0 Å². The first-order valence-corrected chi connectivity index (χ1v) is 4.60. The van der Waals surface area contributed by atoms with E-state index >= 15 is 0 Å². The van der Waals surface area contributed by atoms with Gasteiger partial charge in [-0.1, -0.05) is 0 Å². The number of carbonyl (C=O) groups excluding carboxylic acids is 2. The van der Waals surface area contributed by atoms with Crippen LogP contribution in [-0.4, -0.2) is 44.0 Å². The second-order valence-corrected chi connectivity index (χ2v) is 3.37. The number of rotatable bonds is 0. The van der Waals surface area contributed by atoms with Gasteiger partial charge in [-0.15, -0.1) is 0 Å². The number of aliphatic hydroxyl groups excluding tert-OH is 4. The fraction of sp³-hybridized carbons (Fsp3) is 0. The minimum atomic E-state index is -1.05. The summed E-state index contributed by atoms with van der Waals surface area (Å²) in [7, 11) is 0. The molecule has 0 aromatic carbocycles. The molecule has 8 heteroatoms. The fourth-order valence-electron chi connectivity index (χ4n) is 1.35. The third kappa shape index (κ3) is 1.75. The summed E-state index contributed by atoms with van der Waals surface area (Å²) in [4.78, 5) is 28.0. The zero-order valence-electron chi connectivity index (χ0n) is 8.65. The number of dihydropyridines is 2. The van der Waals surface area contributed by atoms with Crippen molar-refractivity contribution in [3.8, 4) is 0 Å². The van der Waals surface area contributed by atoms with E-state index in [1.54, 1.807) is 0 Å². The van der Waals surface area contributed by atoms with Crippen LogP contribution in [0.4, 0.5) is 0 Å². The first kappa shape index (κ1) is 11.6. The summed E-state index contributed by atoms with van der Waals surface area (Å²) in [5.41, 5.74) is -0.486. The minimum Gasteiger partial charge on any atom is -0.503 e. The Bertz CT molecular complexity index is 566. The summed E-state index contributed by atoms with van der Waals surface area (Å²) in [5.74, 6) is -5.15. The molecule has 0 aromatic heterocycles. The quantitative estimate of drug-likeness (QED) is 0.482. The Morgan fingerprint density at radius 1 is 0.722 bits per heavy atom. The average Bonchev–Trinajstić information content (AvgIpc) is 2.29. The maximum Gasteiger partial charge on any atom is 0.315 e. The molecule has 0 atom stereocenters. The lowest BCUT2D eigenvalue weighted by molar-refractivity contribution is -0.117. The Morgan fingerprint density at radius 3 is 1.39 bits per heavy atom. The van der Waals surface area contributed by atoms with Crippen molar-refractivity contribution in [2.45, 2.75) is 0 Å². The number of nitrogens with zero attached hydrogens (tertiary/aromatic N) is 2. The summed E-state index contributed by atoms with van der Waals surface area (Å²) < 4.78 is 0. The van der Waals surface area contributed by atoms with E-state index in [-0.39, 0.29) is 11.1 Å². The normalized spacial score (nSPS) is 24.2. The molecule has 0 saturated heterocycles. The third-order valence-corrected chi connectivity index (χ3v) is 2.19. The number of aliphatic hydroxyl groups is 4. The van der Waals surface area contributed by atoms with Gasteiger partial charge in [0.15, 0.2) is 11.5 Å². The van der Waals surface area contributed by atoms with Gasteiger partial charge in [-0.2, -0.15) is 9.98 Å². The Morgan fingerprint density at radius 2 is 1.06 bits per heavy atom. The van der Waals surface area contributed by atoms with Crippen LogP contribution < -0.4 is 0 Å². The van der Waals surface area contributed by atoms with Crippen LogP contribution in [0, 0.1) is 0 Å². The van der Waals surface area contributed by atoms with Gasteiger partial charge in [-0.3, -0.25) is 9.59 Å². The van der Waals surface area contributed by atoms with E-state index in [2.05, 4.69) is 9.98 Å². The van der Waals surface area contributed by atoms with E-state index < -0.39 is 35.1 Å². The summed E-state index contributed by atoms with van der Waals surface area (Å²) in [6.45, 7) is 0. The lowest BCUT2D eigenvalue weighted by Gasteiger charge is -2.12. The first-order chi connectivity index (χ1) is 8.40. The maximum atomic E-state index is 10.9. The van der Waals surface area contributed by atoms with Crippen LogP contribution in [0.2, 0.25) is 0 Å². The Hall–Kier alpha value is -2.90. The highest BCUT2D eigenvalue weighted by Crippen LogP contribution is 2.20. The van der Waals surface area contributed by atoms with Crippen LogP contribution in [0.5, 0.6) is 0 Å². The lowest BCUT2D eigenvalue weighted by Crippen LogP contribution is -2.20. The van der Waals surface area contributed by atoms with E-state index in [0.29, 0.717) is 0 Å². The van der Waals surface area contributed by atoms with Gasteiger partial charge >= 0.3 is 11.8 Å². The zero-order valence-corrected chi connectivity index (χ0v) is 8.65. The third-order valence-electron chi connectivity index (χ3n) is 2.19. The van der Waals surface area contributed by atoms with E-state index in [1.165, 1.54) is 0 Å². The Kier molecular flexibility index (Phi) is 2.47. The number of hydrogen-bond acceptors (Lipinski definition) is 4. The molecule has 2 amide bonds. The van der Waals surface area contributed by atoms with Crippen molar-refractivity contribution in [2.24, 2.45) is 9.98 Å². The van der Waals surface area contributed by atoms with Crippen molar-refractivity contribution in [3.05, 3.63) is 34.8 Å². The average molecular weight is 250 g/mol. The van der Waals surface area contributed by atoms with Crippen LogP contribution in [0.1, 0.15) is 0 Å². The lowest BCUT2D eigenvalue weighted by atomic mass is 10.0. The number of carbonyl (C=O) groups is 2. The van der Waals surface area contributed by atoms with Crippen LogP contribution in [0.25, 0.3) is 0 Å². The molecule has 0 spiro atoms. The van der Waals surface area contributed by atoms with Crippen molar-refractivity contribution < 1.29 is 30.0 Å². The van der Waals surface area contributed by atoms with Crippen molar-refractivity contribution in [2.75, 3.05) is 0 Å². The van der Waals surface area contributed by atoms with E-state index in [4.69, 9.17) is 0 Å². The molecule has 0 bridgehead atoms. The molecule has 8 nitrogen and oxygen atoms in total. The largest absolute Gasteiger partial charge is 0.503 e. The van der Waals surface area contributed by atoms with Gasteiger partial charge < -0.3 is 20.4 Å². The van der Waals surface area contributed by atoms with E-state index in [1.807, 2.05) is 0 Å². The Labute approximate surface area is 99.2 Å². The van der Waals surface area contributed by atoms with Crippen molar-refractivity contribution in [1.82, 2.24) is 0 Å². The van der Waals surface area contributed by atoms with Gasteiger partial charge in [0.25, 0.3) is 0 Å². The topological polar surface area (TPSA) is 140 Å². The van der Waals surface area contributed by atoms with Crippen LogP contribution in [0.3, 0.4) is 0 Å². The highest BCUT2D eigenvalue weighted by Gasteiger charge is 2.26. The number of amides is 2. The molecule has 0 fully saturated rings. The smallest absolute Gasteiger partial charge is 0.315 e. The molecule has 0 aliphatic carbocycles. The first-order valence-electron chi connectivity index (χ1n) is 4.60. The predicted molar refractivity (Wildman–Crippen MR) is 58.6 cm³/mol. The summed E-state index contributed by atoms with van der Waals surface area (Å²) >= 11 is 0. The molecule has 2 heterocycles. The van der Waals surface area contributed by atoms with Gasteiger partial charge in [0.05, 0.1) is 11.1 Å². The van der Waals surface area contributed by atoms with Gasteiger partial charge in [-0.05, 0) is 12.2 Å². The second-order valence-electron chi connectivity index (χ2n) is 3.37. The molecule has 0 aromatic rings. The van der Waals surface area contributed by atoms with Gasteiger partial charge in [-0.25, -0.2) is 0 Å². The molecule has 2 aliphatic rings. The molecule has 92 valence electrons. The second kappa shape index (κ2) is 3.84. The van der Waals surface area contributed by atoms with Crippen LogP contribution in [-0.2, 0) is 9.59 Å². The molecule has 0 unspecified atom stereocenters. The monoisotopic (exact) mass is 250 g/mol. The molecule has 2 aliphatic heterocycles. The molecular formula is C10H6N2O6. The molecule has 0 saturated carbocycles. The predicted octanol–water partition coefficient (Wildman–Crippen LogP) is 0.160. The van der Waals surface area contributed by atoms with Crippen molar-refractivity contribution in [1.29, 1.82) is 0 Å². The van der Waals surface area contributed by atoms with Crippen LogP contribution >= 0.6 is 0 Å². The SMILES string of the molecule is O=C1N=C(O)/C(=C2\C=C(O)C(=O)N=C2O)C=C1O.